The quantitative estimate of drug-likeness (QED) is 0.376. The summed E-state index contributed by atoms with van der Waals surface area (Å²) < 4.78 is 9.51. The van der Waals surface area contributed by atoms with Crippen LogP contribution < -0.4 is 0 Å². The Bertz CT molecular complexity index is 653. The van der Waals surface area contributed by atoms with Gasteiger partial charge < -0.3 is 0 Å². The van der Waals surface area contributed by atoms with Gasteiger partial charge in [0.05, 0.1) is 10.4 Å². The number of hydrogen-bond donors (Lipinski definition) is 0. The van der Waals surface area contributed by atoms with E-state index in [0.717, 1.165) is 0 Å². The second kappa shape index (κ2) is 6.73. The van der Waals surface area contributed by atoms with Gasteiger partial charge >= 0.3 is 10.9 Å². The molecule has 1 aromatic heterocycles. The smallest absolute Gasteiger partial charge is 0.271 e. The van der Waals surface area contributed by atoms with Crippen LogP contribution in [0.25, 0.3) is 10.9 Å². The molecule has 2 aromatic rings. The minimum absolute atomic E-state index is 0.139. The summed E-state index contributed by atoms with van der Waals surface area (Å²) in [6.45, 7) is 0. The molecule has 0 aliphatic heterocycles. The summed E-state index contributed by atoms with van der Waals surface area (Å²) in [6.07, 6.45) is 1.17. The van der Waals surface area contributed by atoms with Crippen molar-refractivity contribution in [3.8, 4) is 0 Å². The third-order valence-corrected chi connectivity index (χ3v) is 2.29. The number of halogens is 4. The van der Waals surface area contributed by atoms with Crippen molar-refractivity contribution >= 4 is 67.1 Å². The highest BCUT2D eigenvalue weighted by molar-refractivity contribution is 8.24. The SMILES string of the molecule is O=P(Cl)(Cl)Cl.O=[N+]([O-])c1cnc2ccccc2c1Cl. The highest BCUT2D eigenvalue weighted by atomic mass is 36.0. The minimum atomic E-state index is -3.22. The van der Waals surface area contributed by atoms with Crippen LogP contribution in [-0.4, -0.2) is 9.91 Å². The van der Waals surface area contributed by atoms with Gasteiger partial charge in [-0.3, -0.25) is 14.7 Å². The number of benzene rings is 1. The van der Waals surface area contributed by atoms with Gasteiger partial charge in [0.15, 0.2) is 0 Å². The topological polar surface area (TPSA) is 73.1 Å². The molecule has 2 rings (SSSR count). The fourth-order valence-corrected chi connectivity index (χ4v) is 1.50. The normalized spacial score (nSPS) is 10.7. The predicted octanol–water partition coefficient (Wildman–Crippen LogP) is 5.61. The predicted molar refractivity (Wildman–Crippen MR) is 78.6 cm³/mol. The molecular formula is C9H5Cl4N2O3P. The zero-order valence-electron chi connectivity index (χ0n) is 8.96. The van der Waals surface area contributed by atoms with Crippen molar-refractivity contribution in [3.63, 3.8) is 0 Å². The summed E-state index contributed by atoms with van der Waals surface area (Å²) in [5.74, 6) is 0. The molecule has 1 heterocycles. The molecule has 0 bridgehead atoms. The van der Waals surface area contributed by atoms with Crippen LogP contribution in [0.15, 0.2) is 30.5 Å². The van der Waals surface area contributed by atoms with Crippen molar-refractivity contribution in [1.82, 2.24) is 4.98 Å². The summed E-state index contributed by atoms with van der Waals surface area (Å²) in [5, 5.41) is 8.06. The van der Waals surface area contributed by atoms with E-state index in [1.54, 1.807) is 24.3 Å². The molecule has 1 aromatic carbocycles. The number of para-hydroxylation sites is 1. The lowest BCUT2D eigenvalue weighted by molar-refractivity contribution is -0.384. The van der Waals surface area contributed by atoms with Gasteiger partial charge in [0.1, 0.15) is 11.2 Å². The van der Waals surface area contributed by atoms with E-state index in [-0.39, 0.29) is 10.7 Å². The van der Waals surface area contributed by atoms with E-state index in [0.29, 0.717) is 10.9 Å². The zero-order chi connectivity index (χ0) is 14.6. The van der Waals surface area contributed by atoms with E-state index in [1.807, 2.05) is 0 Å². The molecule has 0 spiro atoms. The molecule has 0 radical (unpaired) electrons. The van der Waals surface area contributed by atoms with E-state index in [9.17, 15) is 14.7 Å². The number of nitrogens with zero attached hydrogens (tertiary/aromatic N) is 2. The largest absolute Gasteiger partial charge is 0.339 e. The van der Waals surface area contributed by atoms with Crippen molar-refractivity contribution in [3.05, 3.63) is 45.6 Å². The van der Waals surface area contributed by atoms with Gasteiger partial charge in [-0.1, -0.05) is 29.8 Å². The molecule has 0 amide bonds. The van der Waals surface area contributed by atoms with Gasteiger partial charge in [-0.25, -0.2) is 4.98 Å². The Kier molecular flexibility index (Phi) is 5.83. The lowest BCUT2D eigenvalue weighted by Crippen LogP contribution is -1.91. The Morgan fingerprint density at radius 2 is 1.74 bits per heavy atom. The summed E-state index contributed by atoms with van der Waals surface area (Å²) in [5.41, 5.74) is 0.494. The molecule has 102 valence electrons. The van der Waals surface area contributed by atoms with Crippen LogP contribution in [-0.2, 0) is 4.57 Å². The van der Waals surface area contributed by atoms with Gasteiger partial charge in [0.2, 0.25) is 0 Å². The molecule has 5 nitrogen and oxygen atoms in total. The maximum absolute atomic E-state index is 10.5. The van der Waals surface area contributed by atoms with Crippen molar-refractivity contribution < 1.29 is 9.49 Å². The molecule has 0 saturated heterocycles. The Morgan fingerprint density at radius 1 is 1.21 bits per heavy atom. The first kappa shape index (κ1) is 16.5. The average molecular weight is 362 g/mol. The third-order valence-electron chi connectivity index (χ3n) is 1.89. The van der Waals surface area contributed by atoms with Gasteiger partial charge in [-0.2, -0.15) is 0 Å². The number of rotatable bonds is 1. The number of aromatic nitrogens is 1. The van der Waals surface area contributed by atoms with Crippen molar-refractivity contribution in [2.24, 2.45) is 0 Å². The number of nitro groups is 1. The Labute approximate surface area is 127 Å². The second-order valence-electron chi connectivity index (χ2n) is 3.13. The van der Waals surface area contributed by atoms with Gasteiger partial charge in [-0.05, 0) is 39.8 Å². The molecular weight excluding hydrogens is 357 g/mol. The van der Waals surface area contributed by atoms with E-state index < -0.39 is 10.1 Å². The highest BCUT2D eigenvalue weighted by Gasteiger charge is 2.15. The maximum Gasteiger partial charge on any atom is 0.339 e. The average Bonchev–Trinajstić information content (AvgIpc) is 2.27. The molecule has 10 heteroatoms. The fourth-order valence-electron chi connectivity index (χ4n) is 1.22. The van der Waals surface area contributed by atoms with E-state index >= 15 is 0 Å². The highest BCUT2D eigenvalue weighted by Crippen LogP contribution is 2.61. The molecule has 0 aliphatic carbocycles. The third kappa shape index (κ3) is 5.51. The number of hydrogen-bond acceptors (Lipinski definition) is 4. The van der Waals surface area contributed by atoms with E-state index in [2.05, 4.69) is 38.7 Å². The van der Waals surface area contributed by atoms with Gasteiger partial charge in [0.25, 0.3) is 0 Å². The first-order valence-corrected chi connectivity index (χ1v) is 9.37. The first-order valence-electron chi connectivity index (χ1n) is 4.57. The van der Waals surface area contributed by atoms with Crippen molar-refractivity contribution in [2.75, 3.05) is 0 Å². The van der Waals surface area contributed by atoms with Crippen LogP contribution in [0.5, 0.6) is 0 Å². The fraction of sp³-hybridized carbons (Fsp3) is 0. The van der Waals surface area contributed by atoms with Crippen LogP contribution in [0, 0.1) is 10.1 Å². The molecule has 0 unspecified atom stereocenters. The molecule has 19 heavy (non-hydrogen) atoms. The summed E-state index contributed by atoms with van der Waals surface area (Å²) in [7, 11) is 0. The van der Waals surface area contributed by atoms with E-state index in [1.165, 1.54) is 6.20 Å². The van der Waals surface area contributed by atoms with Crippen LogP contribution in [0.4, 0.5) is 5.69 Å². The zero-order valence-corrected chi connectivity index (χ0v) is 12.9. The Morgan fingerprint density at radius 3 is 2.26 bits per heavy atom. The standard InChI is InChI=1S/C9H5ClN2O2.Cl3OP/c10-9-6-3-1-2-4-7(6)11-5-8(9)12(13)14;1-5(2,3)4/h1-5H;. The molecule has 0 saturated carbocycles. The number of pyridine rings is 1. The maximum atomic E-state index is 10.5. The Balaban J connectivity index is 0.000000312. The molecule has 0 atom stereocenters. The summed E-state index contributed by atoms with van der Waals surface area (Å²) in [6, 6.07) is 7.03. The lowest BCUT2D eigenvalue weighted by atomic mass is 10.2. The van der Waals surface area contributed by atoms with Crippen LogP contribution in [0.2, 0.25) is 5.02 Å². The molecule has 0 fully saturated rings. The van der Waals surface area contributed by atoms with Crippen LogP contribution in [0.1, 0.15) is 0 Å². The van der Waals surface area contributed by atoms with Crippen molar-refractivity contribution in [1.29, 1.82) is 0 Å². The van der Waals surface area contributed by atoms with Crippen LogP contribution >= 0.6 is 50.5 Å². The van der Waals surface area contributed by atoms with Gasteiger partial charge in [-0.15, -0.1) is 0 Å². The second-order valence-corrected chi connectivity index (χ2v) is 10.1. The van der Waals surface area contributed by atoms with Crippen LogP contribution in [0.3, 0.4) is 0 Å². The first-order chi connectivity index (χ1) is 8.70. The summed E-state index contributed by atoms with van der Waals surface area (Å²) in [4.78, 5) is 13.9. The van der Waals surface area contributed by atoms with Crippen molar-refractivity contribution in [2.45, 2.75) is 0 Å². The molecule has 0 aliphatic rings. The lowest BCUT2D eigenvalue weighted by Gasteiger charge is -1.99. The monoisotopic (exact) mass is 360 g/mol. The number of fused-ring (bicyclic) bond motifs is 1. The van der Waals surface area contributed by atoms with E-state index in [4.69, 9.17) is 11.6 Å². The Hall–Kier alpha value is -0.580. The molecule has 0 N–H and O–H groups in total. The minimum Gasteiger partial charge on any atom is -0.271 e. The van der Waals surface area contributed by atoms with Gasteiger partial charge in [0, 0.05) is 5.39 Å². The summed E-state index contributed by atoms with van der Waals surface area (Å²) >= 11 is 19.7.